The normalized spacial score (nSPS) is 10.3. The average molecular weight is 431 g/mol. The van der Waals surface area contributed by atoms with Gasteiger partial charge in [0, 0.05) is 30.9 Å². The third-order valence-electron chi connectivity index (χ3n) is 4.94. The predicted octanol–water partition coefficient (Wildman–Crippen LogP) is 5.61. The van der Waals surface area contributed by atoms with Gasteiger partial charge in [0.1, 0.15) is 11.4 Å². The molecule has 0 aliphatic rings. The topological polar surface area (TPSA) is 103 Å². The molecule has 7 nitrogen and oxygen atoms in total. The smallest absolute Gasteiger partial charge is 0.334 e. The molecule has 0 saturated carbocycles. The number of fused-ring (bicyclic) bond motifs is 1. The maximum absolute atomic E-state index is 12.5. The largest absolute Gasteiger partial charge is 0.448 e. The van der Waals surface area contributed by atoms with Crippen LogP contribution in [0.3, 0.4) is 0 Å². The number of nitrogen functional groups attached to an aromatic ring is 1. The molecular weight excluding hydrogens is 406 g/mol. The Bertz CT molecular complexity index is 1280. The molecule has 0 spiro atoms. The van der Waals surface area contributed by atoms with Gasteiger partial charge in [-0.1, -0.05) is 44.2 Å². The van der Waals surface area contributed by atoms with Gasteiger partial charge in [-0.3, -0.25) is 14.9 Å². The molecule has 1 aromatic heterocycles. The highest BCUT2D eigenvalue weighted by Crippen LogP contribution is 2.33. The number of nitro groups is 1. The molecule has 0 aliphatic carbocycles. The van der Waals surface area contributed by atoms with Gasteiger partial charge in [-0.15, -0.1) is 0 Å². The van der Waals surface area contributed by atoms with Crippen molar-refractivity contribution in [3.05, 3.63) is 98.7 Å². The monoisotopic (exact) mass is 431 g/mol. The number of benzene rings is 3. The van der Waals surface area contributed by atoms with Gasteiger partial charge >= 0.3 is 5.69 Å². The second kappa shape index (κ2) is 9.78. The zero-order valence-corrected chi connectivity index (χ0v) is 18.2. The maximum atomic E-state index is 12.5. The van der Waals surface area contributed by atoms with Gasteiger partial charge in [-0.25, -0.2) is 0 Å². The molecule has 0 bridgehead atoms. The third-order valence-corrected chi connectivity index (χ3v) is 4.94. The molecule has 3 aromatic carbocycles. The fraction of sp³-hybridized carbons (Fsp3) is 0.160. The SMILES string of the molecule is CC.CN(Cc1ccccc1)c1ccc(-c2cc(=O)c3ccc(N)c([N+](=O)[O-])c3o2)cc1. The summed E-state index contributed by atoms with van der Waals surface area (Å²) in [5.41, 5.74) is 7.62. The lowest BCUT2D eigenvalue weighted by Gasteiger charge is -2.19. The minimum absolute atomic E-state index is 0.0503. The van der Waals surface area contributed by atoms with E-state index in [9.17, 15) is 14.9 Å². The molecule has 0 fully saturated rings. The number of hydrogen-bond acceptors (Lipinski definition) is 6. The summed E-state index contributed by atoms with van der Waals surface area (Å²) in [7, 11) is 1.99. The Labute approximate surface area is 185 Å². The third kappa shape index (κ3) is 4.62. The molecule has 0 atom stereocenters. The molecule has 1 heterocycles. The molecule has 2 N–H and O–H groups in total. The van der Waals surface area contributed by atoms with Crippen molar-refractivity contribution >= 4 is 28.0 Å². The highest BCUT2D eigenvalue weighted by atomic mass is 16.6. The van der Waals surface area contributed by atoms with Crippen molar-refractivity contribution in [2.24, 2.45) is 0 Å². The second-order valence-electron chi connectivity index (χ2n) is 7.00. The molecule has 4 rings (SSSR count). The number of nitrogens with two attached hydrogens (primary N) is 1. The van der Waals surface area contributed by atoms with Crippen LogP contribution in [0.5, 0.6) is 0 Å². The lowest BCUT2D eigenvalue weighted by atomic mass is 10.1. The number of nitrogens with zero attached hydrogens (tertiary/aromatic N) is 2. The molecule has 0 radical (unpaired) electrons. The fourth-order valence-electron chi connectivity index (χ4n) is 3.38. The van der Waals surface area contributed by atoms with Crippen molar-refractivity contribution in [1.82, 2.24) is 0 Å². The summed E-state index contributed by atoms with van der Waals surface area (Å²) >= 11 is 0. The molecule has 7 heteroatoms. The van der Waals surface area contributed by atoms with Crippen molar-refractivity contribution < 1.29 is 9.34 Å². The lowest BCUT2D eigenvalue weighted by molar-refractivity contribution is -0.382. The summed E-state index contributed by atoms with van der Waals surface area (Å²) in [6.45, 7) is 4.75. The summed E-state index contributed by atoms with van der Waals surface area (Å²) in [5, 5.41) is 11.5. The number of anilines is 2. The molecule has 0 amide bonds. The van der Waals surface area contributed by atoms with Crippen LogP contribution in [-0.4, -0.2) is 12.0 Å². The van der Waals surface area contributed by atoms with Gasteiger partial charge < -0.3 is 15.1 Å². The van der Waals surface area contributed by atoms with Crippen LogP contribution in [0.15, 0.2) is 82.0 Å². The standard InChI is InChI=1S/C23H19N3O4.C2H6/c1-25(14-15-5-3-2-4-6-15)17-9-7-16(8-10-17)21-13-20(27)18-11-12-19(24)22(26(28)29)23(18)30-21;1-2/h2-13H,14,24H2,1H3;1-2H3. The lowest BCUT2D eigenvalue weighted by Crippen LogP contribution is -2.16. The predicted molar refractivity (Wildman–Crippen MR) is 129 cm³/mol. The first-order valence-corrected chi connectivity index (χ1v) is 10.3. The molecular formula is C25H25N3O4. The minimum atomic E-state index is -0.633. The first-order valence-electron chi connectivity index (χ1n) is 10.3. The van der Waals surface area contributed by atoms with E-state index in [1.165, 1.54) is 23.8 Å². The molecule has 164 valence electrons. The Hall–Kier alpha value is -4.13. The van der Waals surface area contributed by atoms with Crippen LogP contribution < -0.4 is 16.1 Å². The second-order valence-corrected chi connectivity index (χ2v) is 7.00. The molecule has 0 unspecified atom stereocenters. The summed E-state index contributed by atoms with van der Waals surface area (Å²) in [5.74, 6) is 0.249. The van der Waals surface area contributed by atoms with Crippen LogP contribution >= 0.6 is 0 Å². The zero-order valence-electron chi connectivity index (χ0n) is 18.2. The van der Waals surface area contributed by atoms with Gasteiger partial charge in [-0.05, 0) is 42.0 Å². The van der Waals surface area contributed by atoms with Gasteiger partial charge in [0.2, 0.25) is 5.58 Å². The van der Waals surface area contributed by atoms with Gasteiger partial charge in [0.05, 0.1) is 10.3 Å². The Balaban J connectivity index is 0.00000141. The summed E-state index contributed by atoms with van der Waals surface area (Å²) in [6.07, 6.45) is 0. The minimum Gasteiger partial charge on any atom is -0.448 e. The quantitative estimate of drug-likeness (QED) is 0.250. The highest BCUT2D eigenvalue weighted by Gasteiger charge is 2.21. The van der Waals surface area contributed by atoms with E-state index in [1.807, 2.05) is 63.4 Å². The first kappa shape index (κ1) is 22.6. The van der Waals surface area contributed by atoms with Crippen molar-refractivity contribution in [2.75, 3.05) is 17.7 Å². The maximum Gasteiger partial charge on any atom is 0.334 e. The average Bonchev–Trinajstić information content (AvgIpc) is 2.80. The van der Waals surface area contributed by atoms with E-state index < -0.39 is 10.6 Å². The Kier molecular flexibility index (Phi) is 6.90. The van der Waals surface area contributed by atoms with Crippen molar-refractivity contribution in [1.29, 1.82) is 0 Å². The van der Waals surface area contributed by atoms with Crippen LogP contribution in [0.1, 0.15) is 19.4 Å². The number of hydrogen-bond donors (Lipinski definition) is 1. The van der Waals surface area contributed by atoms with E-state index in [0.717, 1.165) is 12.2 Å². The Morgan fingerprint density at radius 1 is 1.00 bits per heavy atom. The zero-order chi connectivity index (χ0) is 23.3. The van der Waals surface area contributed by atoms with Crippen LogP contribution in [0, 0.1) is 10.1 Å². The van der Waals surface area contributed by atoms with Gasteiger partial charge in [0.15, 0.2) is 5.43 Å². The molecule has 0 saturated heterocycles. The van der Waals surface area contributed by atoms with E-state index in [1.54, 1.807) is 0 Å². The van der Waals surface area contributed by atoms with E-state index in [2.05, 4.69) is 17.0 Å². The van der Waals surface area contributed by atoms with Gasteiger partial charge in [-0.2, -0.15) is 0 Å². The van der Waals surface area contributed by atoms with E-state index in [0.29, 0.717) is 5.56 Å². The number of rotatable bonds is 5. The summed E-state index contributed by atoms with van der Waals surface area (Å²) in [6, 6.07) is 21.7. The highest BCUT2D eigenvalue weighted by molar-refractivity contribution is 5.92. The molecule has 4 aromatic rings. The van der Waals surface area contributed by atoms with E-state index in [4.69, 9.17) is 10.2 Å². The van der Waals surface area contributed by atoms with E-state index >= 15 is 0 Å². The summed E-state index contributed by atoms with van der Waals surface area (Å²) in [4.78, 5) is 25.4. The van der Waals surface area contributed by atoms with Crippen LogP contribution in [0.4, 0.5) is 17.1 Å². The van der Waals surface area contributed by atoms with Crippen molar-refractivity contribution in [3.63, 3.8) is 0 Å². The number of nitro benzene ring substituents is 1. The van der Waals surface area contributed by atoms with E-state index in [-0.39, 0.29) is 27.8 Å². The van der Waals surface area contributed by atoms with Crippen LogP contribution in [-0.2, 0) is 6.54 Å². The molecule has 32 heavy (non-hydrogen) atoms. The summed E-state index contributed by atoms with van der Waals surface area (Å²) < 4.78 is 5.76. The molecule has 0 aliphatic heterocycles. The van der Waals surface area contributed by atoms with Crippen molar-refractivity contribution in [3.8, 4) is 11.3 Å². The van der Waals surface area contributed by atoms with Crippen molar-refractivity contribution in [2.45, 2.75) is 20.4 Å². The van der Waals surface area contributed by atoms with Crippen LogP contribution in [0.2, 0.25) is 0 Å². The van der Waals surface area contributed by atoms with Gasteiger partial charge in [0.25, 0.3) is 0 Å². The fourth-order valence-corrected chi connectivity index (χ4v) is 3.38. The Morgan fingerprint density at radius 2 is 1.66 bits per heavy atom. The van der Waals surface area contributed by atoms with Crippen LogP contribution in [0.25, 0.3) is 22.3 Å². The Morgan fingerprint density at radius 3 is 2.28 bits per heavy atom. The first-order chi connectivity index (χ1) is 15.4.